The molecule has 260 valence electrons. The number of hydrogen-bond acceptors (Lipinski definition) is 6. The van der Waals surface area contributed by atoms with Crippen LogP contribution in [0.15, 0.2) is 127 Å². The summed E-state index contributed by atoms with van der Waals surface area (Å²) in [6.07, 6.45) is 3.32. The van der Waals surface area contributed by atoms with Crippen LogP contribution in [0.5, 0.6) is 11.5 Å². The van der Waals surface area contributed by atoms with Gasteiger partial charge in [-0.25, -0.2) is 9.69 Å². The van der Waals surface area contributed by atoms with Crippen molar-refractivity contribution in [2.24, 2.45) is 0 Å². The summed E-state index contributed by atoms with van der Waals surface area (Å²) in [5, 5.41) is 2.44. The van der Waals surface area contributed by atoms with Gasteiger partial charge in [0, 0.05) is 30.6 Å². The van der Waals surface area contributed by atoms with Crippen LogP contribution in [0.3, 0.4) is 0 Å². The molecule has 1 fully saturated rings. The largest absolute Gasteiger partial charge is 0.490 e. The standard InChI is InChI=1S/C44H39N3O5/c1-2-51-40-25-30(18-19-39(40)52-28-29-12-6-3-7-13-29)24-38-42(48)45-44(50)47(43(38)49)33-26-36-34(31-14-8-4-9-15-31)20-22-46-23-21-35(37(27-33)41(36)46)32-16-10-5-11-17-32/h3-19,24-27,34-35H,2,20-23,28H2,1H3,(H,45,48,50)/b38-24+/t34-,35-/m1/s1. The first kappa shape index (κ1) is 33.0. The minimum absolute atomic E-state index is 0.0832. The van der Waals surface area contributed by atoms with E-state index in [1.54, 1.807) is 18.2 Å². The fourth-order valence-electron chi connectivity index (χ4n) is 7.76. The van der Waals surface area contributed by atoms with Gasteiger partial charge in [-0.2, -0.15) is 0 Å². The molecule has 5 aromatic rings. The third kappa shape index (κ3) is 6.32. The van der Waals surface area contributed by atoms with E-state index in [2.05, 4.69) is 34.5 Å². The number of nitrogens with zero attached hydrogens (tertiary/aromatic N) is 2. The summed E-state index contributed by atoms with van der Waals surface area (Å²) in [6, 6.07) is 39.1. The average molecular weight is 690 g/mol. The van der Waals surface area contributed by atoms with E-state index in [-0.39, 0.29) is 17.4 Å². The molecule has 0 spiro atoms. The highest BCUT2D eigenvalue weighted by Gasteiger charge is 2.40. The van der Waals surface area contributed by atoms with Gasteiger partial charge in [-0.05, 0) is 83.5 Å². The smallest absolute Gasteiger partial charge is 0.335 e. The predicted molar refractivity (Wildman–Crippen MR) is 202 cm³/mol. The molecule has 0 unspecified atom stereocenters. The Hall–Kier alpha value is -6.15. The lowest BCUT2D eigenvalue weighted by molar-refractivity contribution is -0.122. The van der Waals surface area contributed by atoms with Crippen molar-refractivity contribution in [2.45, 2.75) is 38.2 Å². The fraction of sp³-hybridized carbons (Fsp3) is 0.205. The Morgan fingerprint density at radius 3 is 1.90 bits per heavy atom. The van der Waals surface area contributed by atoms with Gasteiger partial charge in [0.15, 0.2) is 11.5 Å². The normalized spacial score (nSPS) is 18.9. The minimum Gasteiger partial charge on any atom is -0.490 e. The molecule has 4 amide bonds. The van der Waals surface area contributed by atoms with E-state index in [0.717, 1.165) is 47.5 Å². The quantitative estimate of drug-likeness (QED) is 0.124. The van der Waals surface area contributed by atoms with Crippen LogP contribution in [0.25, 0.3) is 6.08 Å². The van der Waals surface area contributed by atoms with E-state index in [9.17, 15) is 14.4 Å². The number of amides is 4. The Bertz CT molecular complexity index is 2090. The van der Waals surface area contributed by atoms with E-state index in [1.807, 2.05) is 85.8 Å². The third-order valence-corrected chi connectivity index (χ3v) is 10.2. The molecule has 8 nitrogen and oxygen atoms in total. The number of urea groups is 1. The van der Waals surface area contributed by atoms with Gasteiger partial charge in [0.25, 0.3) is 11.8 Å². The van der Waals surface area contributed by atoms with Crippen LogP contribution in [-0.4, -0.2) is 37.5 Å². The molecule has 52 heavy (non-hydrogen) atoms. The monoisotopic (exact) mass is 689 g/mol. The maximum absolute atomic E-state index is 14.3. The molecule has 3 aliphatic heterocycles. The number of carbonyl (C=O) groups excluding carboxylic acids is 3. The first-order chi connectivity index (χ1) is 25.5. The fourth-order valence-corrected chi connectivity index (χ4v) is 7.76. The molecule has 2 atom stereocenters. The molecular formula is C44H39N3O5. The average Bonchev–Trinajstić information content (AvgIpc) is 3.17. The van der Waals surface area contributed by atoms with Crippen molar-refractivity contribution in [3.05, 3.63) is 160 Å². The Balaban J connectivity index is 1.18. The van der Waals surface area contributed by atoms with E-state index in [0.29, 0.717) is 36.0 Å². The Labute approximate surface area is 303 Å². The van der Waals surface area contributed by atoms with Gasteiger partial charge in [0.2, 0.25) is 0 Å². The molecule has 1 N–H and O–H groups in total. The Morgan fingerprint density at radius 2 is 1.31 bits per heavy atom. The molecule has 5 aromatic carbocycles. The van der Waals surface area contributed by atoms with Crippen LogP contribution in [0.2, 0.25) is 0 Å². The molecule has 3 heterocycles. The second-order valence-corrected chi connectivity index (χ2v) is 13.3. The first-order valence-electron chi connectivity index (χ1n) is 17.9. The number of imide groups is 2. The summed E-state index contributed by atoms with van der Waals surface area (Å²) < 4.78 is 12.0. The van der Waals surface area contributed by atoms with Gasteiger partial charge >= 0.3 is 6.03 Å². The van der Waals surface area contributed by atoms with Crippen LogP contribution in [0, 0.1) is 0 Å². The molecule has 0 bridgehead atoms. The first-order valence-corrected chi connectivity index (χ1v) is 17.9. The number of anilines is 2. The molecule has 0 saturated carbocycles. The van der Waals surface area contributed by atoms with E-state index in [4.69, 9.17) is 9.47 Å². The molecule has 1 saturated heterocycles. The van der Waals surface area contributed by atoms with Crippen molar-refractivity contribution in [3.8, 4) is 11.5 Å². The SMILES string of the molecule is CCOc1cc(/C=C2\C(=O)NC(=O)N(c3cc4c5c(c3)[C@@H](c3ccccc3)CCN5CC[C@@H]4c3ccccc3)C2=O)ccc1OCc1ccccc1. The van der Waals surface area contributed by atoms with Crippen LogP contribution >= 0.6 is 0 Å². The second-order valence-electron chi connectivity index (χ2n) is 13.3. The van der Waals surface area contributed by atoms with Crippen LogP contribution in [-0.2, 0) is 16.2 Å². The van der Waals surface area contributed by atoms with Crippen molar-refractivity contribution in [1.82, 2.24) is 5.32 Å². The topological polar surface area (TPSA) is 88.2 Å². The van der Waals surface area contributed by atoms with Crippen molar-refractivity contribution in [1.29, 1.82) is 0 Å². The Morgan fingerprint density at radius 1 is 0.712 bits per heavy atom. The molecule has 3 aliphatic rings. The van der Waals surface area contributed by atoms with E-state index < -0.39 is 17.8 Å². The van der Waals surface area contributed by atoms with Crippen LogP contribution < -0.4 is 24.6 Å². The molecule has 0 radical (unpaired) electrons. The number of barbiturate groups is 1. The number of hydrogen-bond donors (Lipinski definition) is 1. The van der Waals surface area contributed by atoms with Crippen LogP contribution in [0.1, 0.15) is 65.0 Å². The van der Waals surface area contributed by atoms with Gasteiger partial charge in [0.1, 0.15) is 12.2 Å². The van der Waals surface area contributed by atoms with Crippen molar-refractivity contribution in [3.63, 3.8) is 0 Å². The minimum atomic E-state index is -0.769. The number of nitrogens with one attached hydrogen (secondary N) is 1. The highest BCUT2D eigenvalue weighted by molar-refractivity contribution is 6.39. The summed E-state index contributed by atoms with van der Waals surface area (Å²) in [5.41, 5.74) is 7.60. The summed E-state index contributed by atoms with van der Waals surface area (Å²) in [5.74, 6) is -0.230. The van der Waals surface area contributed by atoms with Crippen molar-refractivity contribution < 1.29 is 23.9 Å². The lowest BCUT2D eigenvalue weighted by Crippen LogP contribution is -2.54. The number of rotatable bonds is 9. The molecular weight excluding hydrogens is 651 g/mol. The molecule has 0 aromatic heterocycles. The van der Waals surface area contributed by atoms with E-state index >= 15 is 0 Å². The number of benzene rings is 5. The van der Waals surface area contributed by atoms with Gasteiger partial charge < -0.3 is 14.4 Å². The summed E-state index contributed by atoms with van der Waals surface area (Å²) in [4.78, 5) is 44.8. The van der Waals surface area contributed by atoms with Crippen molar-refractivity contribution >= 4 is 35.3 Å². The highest BCUT2D eigenvalue weighted by atomic mass is 16.5. The van der Waals surface area contributed by atoms with Gasteiger partial charge in [-0.1, -0.05) is 97.1 Å². The summed E-state index contributed by atoms with van der Waals surface area (Å²) in [7, 11) is 0. The Kier molecular flexibility index (Phi) is 9.04. The zero-order valence-corrected chi connectivity index (χ0v) is 29.0. The number of carbonyl (C=O) groups is 3. The van der Waals surface area contributed by atoms with Crippen LogP contribution in [0.4, 0.5) is 16.2 Å². The van der Waals surface area contributed by atoms with E-state index in [1.165, 1.54) is 22.9 Å². The molecule has 8 rings (SSSR count). The second kappa shape index (κ2) is 14.2. The maximum atomic E-state index is 14.3. The lowest BCUT2D eigenvalue weighted by atomic mass is 9.76. The molecule has 8 heteroatoms. The predicted octanol–water partition coefficient (Wildman–Crippen LogP) is 8.21. The molecule has 0 aliphatic carbocycles. The van der Waals surface area contributed by atoms with Gasteiger partial charge in [0.05, 0.1) is 12.3 Å². The zero-order chi connectivity index (χ0) is 35.6. The maximum Gasteiger partial charge on any atom is 0.335 e. The lowest BCUT2D eigenvalue weighted by Gasteiger charge is -2.44. The van der Waals surface area contributed by atoms with Crippen molar-refractivity contribution in [2.75, 3.05) is 29.5 Å². The number of ether oxygens (including phenoxy) is 2. The summed E-state index contributed by atoms with van der Waals surface area (Å²) in [6.45, 7) is 4.48. The van der Waals surface area contributed by atoms with Gasteiger partial charge in [-0.15, -0.1) is 0 Å². The summed E-state index contributed by atoms with van der Waals surface area (Å²) >= 11 is 0. The third-order valence-electron chi connectivity index (χ3n) is 10.2. The van der Waals surface area contributed by atoms with Gasteiger partial charge in [-0.3, -0.25) is 14.9 Å². The highest BCUT2D eigenvalue weighted by Crippen LogP contribution is 2.50. The zero-order valence-electron chi connectivity index (χ0n) is 29.0.